The topological polar surface area (TPSA) is 61.8 Å². The van der Waals surface area contributed by atoms with Crippen molar-refractivity contribution < 1.29 is 23.8 Å². The van der Waals surface area contributed by atoms with Crippen molar-refractivity contribution in [1.82, 2.24) is 0 Å². The van der Waals surface area contributed by atoms with Gasteiger partial charge in [0, 0.05) is 19.4 Å². The smallest absolute Gasteiger partial charge is 0.306 e. The summed E-state index contributed by atoms with van der Waals surface area (Å²) in [5.74, 6) is -0.385. The van der Waals surface area contributed by atoms with Crippen LogP contribution in [0.4, 0.5) is 0 Å². The highest BCUT2D eigenvalue weighted by molar-refractivity contribution is 5.70. The minimum absolute atomic E-state index is 0.0859. The third kappa shape index (κ3) is 62.4. The molecule has 0 aromatic carbocycles. The molecule has 1 atom stereocenters. The van der Waals surface area contributed by atoms with E-state index in [4.69, 9.17) is 14.2 Å². The Morgan fingerprint density at radius 1 is 0.297 bits per heavy atom. The minimum atomic E-state index is -0.539. The second-order valence-electron chi connectivity index (χ2n) is 22.4. The molecule has 0 spiro atoms. The van der Waals surface area contributed by atoms with Crippen LogP contribution in [-0.4, -0.2) is 37.9 Å². The predicted octanol–water partition coefficient (Wildman–Crippen LogP) is 23.0. The summed E-state index contributed by atoms with van der Waals surface area (Å²) in [6, 6.07) is 0. The van der Waals surface area contributed by atoms with Crippen LogP contribution < -0.4 is 0 Å². The monoisotopic (exact) mass is 1040 g/mol. The van der Waals surface area contributed by atoms with Gasteiger partial charge in [-0.25, -0.2) is 0 Å². The van der Waals surface area contributed by atoms with Gasteiger partial charge in [0.1, 0.15) is 6.61 Å². The first kappa shape index (κ1) is 71.9. The highest BCUT2D eigenvalue weighted by atomic mass is 16.6. The van der Waals surface area contributed by atoms with Crippen LogP contribution in [0.3, 0.4) is 0 Å². The van der Waals surface area contributed by atoms with E-state index in [0.717, 1.165) is 44.9 Å². The molecule has 74 heavy (non-hydrogen) atoms. The Hall–Kier alpha value is -2.14. The fourth-order valence-electron chi connectivity index (χ4n) is 9.87. The fourth-order valence-corrected chi connectivity index (χ4v) is 9.87. The van der Waals surface area contributed by atoms with Crippen LogP contribution in [0.15, 0.2) is 48.6 Å². The molecule has 1 unspecified atom stereocenters. The van der Waals surface area contributed by atoms with Gasteiger partial charge in [0.25, 0.3) is 0 Å². The number of hydrogen-bond acceptors (Lipinski definition) is 5. The highest BCUT2D eigenvalue weighted by Crippen LogP contribution is 2.17. The second-order valence-corrected chi connectivity index (χ2v) is 22.4. The Labute approximate surface area is 462 Å². The quantitative estimate of drug-likeness (QED) is 0.0345. The predicted molar refractivity (Wildman–Crippen MR) is 325 cm³/mol. The molecule has 0 saturated carbocycles. The van der Waals surface area contributed by atoms with Crippen LogP contribution in [0.2, 0.25) is 0 Å². The number of carbonyl (C=O) groups is 2. The summed E-state index contributed by atoms with van der Waals surface area (Å²) in [5, 5.41) is 0. The maximum absolute atomic E-state index is 12.9. The molecule has 0 aliphatic heterocycles. The molecule has 0 saturated heterocycles. The van der Waals surface area contributed by atoms with Crippen molar-refractivity contribution in [2.75, 3.05) is 19.8 Å². The molecule has 0 aliphatic carbocycles. The SMILES string of the molecule is CCCCC/C=C\C/C=C\CCCCCCCCCCCC(=O)OCC(COCCCCCCCCCCCCCCCCCCCCCC)OC(=O)CCCCCCCCCCC/C=C\C/C=C\CCCCC. The van der Waals surface area contributed by atoms with Gasteiger partial charge in [-0.1, -0.05) is 307 Å². The third-order valence-corrected chi connectivity index (χ3v) is 14.8. The Morgan fingerprint density at radius 2 is 0.568 bits per heavy atom. The molecule has 0 rings (SSSR count). The zero-order valence-corrected chi connectivity index (χ0v) is 50.1. The van der Waals surface area contributed by atoms with E-state index in [0.29, 0.717) is 26.1 Å². The maximum atomic E-state index is 12.9. The van der Waals surface area contributed by atoms with E-state index in [1.165, 1.54) is 276 Å². The van der Waals surface area contributed by atoms with Gasteiger partial charge < -0.3 is 14.2 Å². The molecule has 5 nitrogen and oxygen atoms in total. The van der Waals surface area contributed by atoms with Gasteiger partial charge in [-0.2, -0.15) is 0 Å². The summed E-state index contributed by atoms with van der Waals surface area (Å²) in [5.41, 5.74) is 0. The lowest BCUT2D eigenvalue weighted by Gasteiger charge is -2.18. The first-order valence-electron chi connectivity index (χ1n) is 33.2. The fraction of sp³-hybridized carbons (Fsp3) is 0.855. The van der Waals surface area contributed by atoms with E-state index in [1.54, 1.807) is 0 Å². The third-order valence-electron chi connectivity index (χ3n) is 14.8. The molecule has 5 heteroatoms. The van der Waals surface area contributed by atoms with E-state index < -0.39 is 6.10 Å². The van der Waals surface area contributed by atoms with Gasteiger partial charge in [-0.05, 0) is 83.5 Å². The molecule has 0 aromatic rings. The van der Waals surface area contributed by atoms with Crippen LogP contribution in [0.5, 0.6) is 0 Å². The zero-order valence-electron chi connectivity index (χ0n) is 50.1. The number of ether oxygens (including phenoxy) is 3. The minimum Gasteiger partial charge on any atom is -0.462 e. The Kier molecular flexibility index (Phi) is 63.3. The molecular weight excluding hydrogens is 909 g/mol. The van der Waals surface area contributed by atoms with Gasteiger partial charge >= 0.3 is 11.9 Å². The number of allylic oxidation sites excluding steroid dienone is 8. The van der Waals surface area contributed by atoms with Crippen molar-refractivity contribution in [3.8, 4) is 0 Å². The average Bonchev–Trinajstić information content (AvgIpc) is 3.40. The van der Waals surface area contributed by atoms with E-state index >= 15 is 0 Å². The van der Waals surface area contributed by atoms with Gasteiger partial charge in [-0.3, -0.25) is 9.59 Å². The number of rotatable bonds is 62. The normalized spacial score (nSPS) is 12.4. The van der Waals surface area contributed by atoms with E-state index in [2.05, 4.69) is 69.4 Å². The Balaban J connectivity index is 4.25. The van der Waals surface area contributed by atoms with Crippen molar-refractivity contribution in [3.05, 3.63) is 48.6 Å². The van der Waals surface area contributed by atoms with Gasteiger partial charge in [-0.15, -0.1) is 0 Å². The first-order valence-corrected chi connectivity index (χ1v) is 33.2. The van der Waals surface area contributed by atoms with Crippen molar-refractivity contribution in [2.24, 2.45) is 0 Å². The molecule has 0 bridgehead atoms. The standard InChI is InChI=1S/C69H128O5/c1-4-7-10-13-16-19-22-25-28-31-34-37-40-43-46-49-52-55-58-61-64-72-65-67(74-69(71)63-60-57-54-51-48-45-42-39-36-33-30-27-24-21-18-15-12-9-6-3)66-73-68(70)62-59-56-53-50-47-44-41-38-35-32-29-26-23-20-17-14-11-8-5-2/h17-18,20-21,26-27,29-30,67H,4-16,19,22-25,28,31-66H2,1-3H3/b20-17-,21-18-,29-26-,30-27-. The van der Waals surface area contributed by atoms with Crippen molar-refractivity contribution >= 4 is 11.9 Å². The van der Waals surface area contributed by atoms with Crippen LogP contribution >= 0.6 is 0 Å². The second kappa shape index (κ2) is 65.1. The highest BCUT2D eigenvalue weighted by Gasteiger charge is 2.18. The molecule has 0 aliphatic rings. The van der Waals surface area contributed by atoms with E-state index in [1.807, 2.05) is 0 Å². The number of unbranched alkanes of at least 4 members (excludes halogenated alkanes) is 43. The van der Waals surface area contributed by atoms with Crippen LogP contribution in [0.1, 0.15) is 355 Å². The molecule has 0 amide bonds. The number of hydrogen-bond donors (Lipinski definition) is 0. The summed E-state index contributed by atoms with van der Waals surface area (Å²) in [4.78, 5) is 25.7. The number of esters is 2. The lowest BCUT2D eigenvalue weighted by molar-refractivity contribution is -0.163. The first-order chi connectivity index (χ1) is 36.6. The lowest BCUT2D eigenvalue weighted by atomic mass is 10.0. The van der Waals surface area contributed by atoms with Crippen molar-refractivity contribution in [1.29, 1.82) is 0 Å². The van der Waals surface area contributed by atoms with Gasteiger partial charge in [0.05, 0.1) is 6.61 Å². The molecule has 0 fully saturated rings. The summed E-state index contributed by atoms with van der Waals surface area (Å²) in [7, 11) is 0. The van der Waals surface area contributed by atoms with Crippen LogP contribution in [0, 0.1) is 0 Å². The van der Waals surface area contributed by atoms with Crippen LogP contribution in [-0.2, 0) is 23.8 Å². The molecule has 0 N–H and O–H groups in total. The van der Waals surface area contributed by atoms with E-state index in [-0.39, 0.29) is 18.5 Å². The van der Waals surface area contributed by atoms with Crippen LogP contribution in [0.25, 0.3) is 0 Å². The molecule has 0 aromatic heterocycles. The van der Waals surface area contributed by atoms with Gasteiger partial charge in [0.2, 0.25) is 0 Å². The van der Waals surface area contributed by atoms with E-state index in [9.17, 15) is 9.59 Å². The maximum Gasteiger partial charge on any atom is 0.306 e. The largest absolute Gasteiger partial charge is 0.462 e. The molecule has 0 radical (unpaired) electrons. The molecule has 0 heterocycles. The van der Waals surface area contributed by atoms with Crippen molar-refractivity contribution in [2.45, 2.75) is 361 Å². The summed E-state index contributed by atoms with van der Waals surface area (Å²) in [6.45, 7) is 7.85. The summed E-state index contributed by atoms with van der Waals surface area (Å²) in [6.07, 6.45) is 83.0. The van der Waals surface area contributed by atoms with Crippen molar-refractivity contribution in [3.63, 3.8) is 0 Å². The Morgan fingerprint density at radius 3 is 0.919 bits per heavy atom. The average molecular weight is 1040 g/mol. The summed E-state index contributed by atoms with van der Waals surface area (Å²) >= 11 is 0. The summed E-state index contributed by atoms with van der Waals surface area (Å²) < 4.78 is 17.6. The Bertz CT molecular complexity index is 1220. The molecule has 434 valence electrons. The lowest BCUT2D eigenvalue weighted by Crippen LogP contribution is -2.30. The number of carbonyl (C=O) groups excluding carboxylic acids is 2. The molecular formula is C69H128O5. The zero-order chi connectivity index (χ0) is 53.4. The van der Waals surface area contributed by atoms with Gasteiger partial charge in [0.15, 0.2) is 6.10 Å².